The van der Waals surface area contributed by atoms with Crippen molar-refractivity contribution in [3.8, 4) is 5.75 Å². The third kappa shape index (κ3) is 5.39. The molecule has 2 rings (SSSR count). The number of hydrogen-bond acceptors (Lipinski definition) is 4. The first-order valence-electron chi connectivity index (χ1n) is 8.50. The topological polar surface area (TPSA) is 67.4 Å². The van der Waals surface area contributed by atoms with Crippen LogP contribution in [0.25, 0.3) is 0 Å². The van der Waals surface area contributed by atoms with E-state index in [0.717, 1.165) is 23.9 Å². The molecule has 6 heteroatoms. The average molecular weight is 358 g/mol. The number of Topliss-reactive ketones (excluding diaryl/α,β-unsaturated/α-hetero) is 1. The molecule has 1 amide bonds. The van der Waals surface area contributed by atoms with Gasteiger partial charge in [0.1, 0.15) is 0 Å². The summed E-state index contributed by atoms with van der Waals surface area (Å²) >= 11 is 0. The maximum absolute atomic E-state index is 13.7. The van der Waals surface area contributed by atoms with E-state index < -0.39 is 5.82 Å². The third-order valence-corrected chi connectivity index (χ3v) is 3.91. The van der Waals surface area contributed by atoms with Crippen LogP contribution in [-0.2, 0) is 11.3 Å². The summed E-state index contributed by atoms with van der Waals surface area (Å²) in [5.74, 6) is -1.06. The molecular weight excluding hydrogens is 335 g/mol. The van der Waals surface area contributed by atoms with Crippen molar-refractivity contribution in [1.29, 1.82) is 0 Å². The molecule has 2 N–H and O–H groups in total. The molecule has 138 valence electrons. The molecule has 0 saturated heterocycles. The quantitative estimate of drug-likeness (QED) is 0.673. The normalized spacial score (nSPS) is 10.4. The summed E-state index contributed by atoms with van der Waals surface area (Å²) in [6, 6.07) is 11.5. The fourth-order valence-electron chi connectivity index (χ4n) is 2.48. The van der Waals surface area contributed by atoms with E-state index in [1.807, 2.05) is 31.2 Å². The molecule has 0 saturated carbocycles. The lowest BCUT2D eigenvalue weighted by atomic mass is 10.1. The lowest BCUT2D eigenvalue weighted by Crippen LogP contribution is -2.17. The van der Waals surface area contributed by atoms with Crippen molar-refractivity contribution in [2.45, 2.75) is 26.3 Å². The highest BCUT2D eigenvalue weighted by molar-refractivity contribution is 6.00. The van der Waals surface area contributed by atoms with Crippen LogP contribution in [0.15, 0.2) is 42.5 Å². The van der Waals surface area contributed by atoms with Crippen molar-refractivity contribution in [3.05, 3.63) is 59.4 Å². The third-order valence-electron chi connectivity index (χ3n) is 3.91. The zero-order chi connectivity index (χ0) is 18.9. The van der Waals surface area contributed by atoms with E-state index in [9.17, 15) is 14.0 Å². The van der Waals surface area contributed by atoms with E-state index >= 15 is 0 Å². The molecule has 0 heterocycles. The zero-order valence-electron chi connectivity index (χ0n) is 15.0. The van der Waals surface area contributed by atoms with Gasteiger partial charge in [-0.15, -0.1) is 0 Å². The van der Waals surface area contributed by atoms with Crippen molar-refractivity contribution >= 4 is 17.4 Å². The molecular formula is C20H23FN2O3. The highest BCUT2D eigenvalue weighted by Crippen LogP contribution is 2.19. The van der Waals surface area contributed by atoms with Crippen LogP contribution in [0.3, 0.4) is 0 Å². The summed E-state index contributed by atoms with van der Waals surface area (Å²) < 4.78 is 18.5. The Morgan fingerprint density at radius 3 is 2.58 bits per heavy atom. The summed E-state index contributed by atoms with van der Waals surface area (Å²) in [4.78, 5) is 24.3. The molecule has 0 fully saturated rings. The minimum absolute atomic E-state index is 0.00692. The van der Waals surface area contributed by atoms with E-state index in [-0.39, 0.29) is 35.8 Å². The molecule has 5 nitrogen and oxygen atoms in total. The van der Waals surface area contributed by atoms with Gasteiger partial charge in [-0.05, 0) is 36.4 Å². The van der Waals surface area contributed by atoms with Crippen molar-refractivity contribution in [1.82, 2.24) is 5.32 Å². The van der Waals surface area contributed by atoms with E-state index in [2.05, 4.69) is 10.6 Å². The number of carbonyl (C=O) groups excluding carboxylic acids is 2. The van der Waals surface area contributed by atoms with Gasteiger partial charge in [-0.1, -0.05) is 25.1 Å². The van der Waals surface area contributed by atoms with Crippen LogP contribution in [0.5, 0.6) is 5.75 Å². The van der Waals surface area contributed by atoms with Crippen LogP contribution in [0.1, 0.15) is 35.7 Å². The van der Waals surface area contributed by atoms with Crippen molar-refractivity contribution in [2.75, 3.05) is 19.0 Å². The standard InChI is InChI=1S/C20H23FN2O3/c1-3-22-13-15-6-4-5-7-17(15)23-20(25)11-9-18(24)14-8-10-19(26-2)16(21)12-14/h4-8,10,12,22H,3,9,11,13H2,1-2H3,(H,23,25). The van der Waals surface area contributed by atoms with Gasteiger partial charge in [0.15, 0.2) is 17.3 Å². The summed E-state index contributed by atoms with van der Waals surface area (Å²) in [6.45, 7) is 3.49. The van der Waals surface area contributed by atoms with Crippen LogP contribution in [-0.4, -0.2) is 25.3 Å². The summed E-state index contributed by atoms with van der Waals surface area (Å²) in [7, 11) is 1.36. The SMILES string of the molecule is CCNCc1ccccc1NC(=O)CCC(=O)c1ccc(OC)c(F)c1. The van der Waals surface area contributed by atoms with Gasteiger partial charge in [0.2, 0.25) is 5.91 Å². The Hall–Kier alpha value is -2.73. The monoisotopic (exact) mass is 358 g/mol. The lowest BCUT2D eigenvalue weighted by Gasteiger charge is -2.11. The fourth-order valence-corrected chi connectivity index (χ4v) is 2.48. The van der Waals surface area contributed by atoms with Gasteiger partial charge in [-0.25, -0.2) is 4.39 Å². The second kappa shape index (κ2) is 9.68. The van der Waals surface area contributed by atoms with Gasteiger partial charge in [-0.3, -0.25) is 9.59 Å². The average Bonchev–Trinajstić information content (AvgIpc) is 2.65. The van der Waals surface area contributed by atoms with E-state index in [1.165, 1.54) is 19.2 Å². The van der Waals surface area contributed by atoms with Crippen molar-refractivity contribution < 1.29 is 18.7 Å². The molecule has 2 aromatic rings. The lowest BCUT2D eigenvalue weighted by molar-refractivity contribution is -0.116. The van der Waals surface area contributed by atoms with Gasteiger partial charge in [0, 0.05) is 30.6 Å². The van der Waals surface area contributed by atoms with Crippen LogP contribution >= 0.6 is 0 Å². The highest BCUT2D eigenvalue weighted by Gasteiger charge is 2.13. The van der Waals surface area contributed by atoms with Gasteiger partial charge >= 0.3 is 0 Å². The highest BCUT2D eigenvalue weighted by atomic mass is 19.1. The van der Waals surface area contributed by atoms with Gasteiger partial charge in [0.05, 0.1) is 7.11 Å². The second-order valence-corrected chi connectivity index (χ2v) is 5.76. The smallest absolute Gasteiger partial charge is 0.224 e. The van der Waals surface area contributed by atoms with Gasteiger partial charge in [0.25, 0.3) is 0 Å². The largest absolute Gasteiger partial charge is 0.494 e. The Labute approximate surface area is 152 Å². The van der Waals surface area contributed by atoms with E-state index in [0.29, 0.717) is 6.54 Å². The molecule has 26 heavy (non-hydrogen) atoms. The number of ether oxygens (including phenoxy) is 1. The maximum Gasteiger partial charge on any atom is 0.224 e. The van der Waals surface area contributed by atoms with Crippen molar-refractivity contribution in [3.63, 3.8) is 0 Å². The Kier molecular flexibility index (Phi) is 7.29. The number of amides is 1. The Balaban J connectivity index is 1.92. The maximum atomic E-state index is 13.7. The number of para-hydroxylation sites is 1. The predicted molar refractivity (Wildman–Crippen MR) is 99.0 cm³/mol. The molecule has 0 atom stereocenters. The molecule has 0 radical (unpaired) electrons. The first-order valence-corrected chi connectivity index (χ1v) is 8.50. The molecule has 0 bridgehead atoms. The number of rotatable bonds is 9. The van der Waals surface area contributed by atoms with Gasteiger partial charge < -0.3 is 15.4 Å². The number of carbonyl (C=O) groups is 2. The van der Waals surface area contributed by atoms with Crippen LogP contribution < -0.4 is 15.4 Å². The number of methoxy groups -OCH3 is 1. The van der Waals surface area contributed by atoms with Crippen molar-refractivity contribution in [2.24, 2.45) is 0 Å². The molecule has 0 aliphatic rings. The molecule has 0 aliphatic carbocycles. The molecule has 0 aromatic heterocycles. The van der Waals surface area contributed by atoms with E-state index in [4.69, 9.17) is 4.74 Å². The van der Waals surface area contributed by atoms with Crippen LogP contribution in [0.2, 0.25) is 0 Å². The summed E-state index contributed by atoms with van der Waals surface area (Å²) in [5, 5.41) is 6.04. The Bertz CT molecular complexity index is 777. The second-order valence-electron chi connectivity index (χ2n) is 5.76. The van der Waals surface area contributed by atoms with Crippen LogP contribution in [0, 0.1) is 5.82 Å². The number of benzene rings is 2. The Morgan fingerprint density at radius 1 is 1.12 bits per heavy atom. The first kappa shape index (κ1) is 19.6. The number of ketones is 1. The molecule has 0 spiro atoms. The molecule has 2 aromatic carbocycles. The molecule has 0 unspecified atom stereocenters. The minimum Gasteiger partial charge on any atom is -0.494 e. The van der Waals surface area contributed by atoms with E-state index in [1.54, 1.807) is 0 Å². The number of halogens is 1. The van der Waals surface area contributed by atoms with Crippen LogP contribution in [0.4, 0.5) is 10.1 Å². The summed E-state index contributed by atoms with van der Waals surface area (Å²) in [6.07, 6.45) is 0.0367. The van der Waals surface area contributed by atoms with Gasteiger partial charge in [-0.2, -0.15) is 0 Å². The number of hydrogen-bond donors (Lipinski definition) is 2. The predicted octanol–water partition coefficient (Wildman–Crippen LogP) is 3.55. The minimum atomic E-state index is -0.597. The summed E-state index contributed by atoms with van der Waals surface area (Å²) in [5.41, 5.74) is 1.93. The zero-order valence-corrected chi connectivity index (χ0v) is 15.0. The number of nitrogens with one attached hydrogen (secondary N) is 2. The Morgan fingerprint density at radius 2 is 1.88 bits per heavy atom. The first-order chi connectivity index (χ1) is 12.5. The number of anilines is 1. The fraction of sp³-hybridized carbons (Fsp3) is 0.300. The molecule has 0 aliphatic heterocycles.